The Hall–Kier alpha value is -2.21. The Bertz CT molecular complexity index is 965. The topological polar surface area (TPSA) is 58.9 Å². The van der Waals surface area contributed by atoms with Crippen LogP contribution in [-0.2, 0) is 9.53 Å². The lowest BCUT2D eigenvalue weighted by atomic mass is 10.1. The van der Waals surface area contributed by atoms with Crippen LogP contribution in [0, 0.1) is 0 Å². The third kappa shape index (κ3) is 4.75. The van der Waals surface area contributed by atoms with Crippen molar-refractivity contribution in [1.82, 2.24) is 0 Å². The van der Waals surface area contributed by atoms with Crippen molar-refractivity contribution in [2.75, 3.05) is 6.61 Å². The molecule has 0 aliphatic carbocycles. The maximum Gasteiger partial charge on any atom is 0.344 e. The summed E-state index contributed by atoms with van der Waals surface area (Å²) in [6.07, 6.45) is 1.75. The van der Waals surface area contributed by atoms with Gasteiger partial charge in [-0.1, -0.05) is 47.1 Å². The Kier molecular flexibility index (Phi) is 6.26. The number of nitrogens with zero attached hydrogens (tertiary/aromatic N) is 1. The second kappa shape index (κ2) is 8.65. The van der Waals surface area contributed by atoms with E-state index >= 15 is 0 Å². The smallest absolute Gasteiger partial charge is 0.344 e. The van der Waals surface area contributed by atoms with Crippen molar-refractivity contribution in [2.24, 2.45) is 4.99 Å². The van der Waals surface area contributed by atoms with E-state index in [0.717, 1.165) is 5.56 Å². The lowest BCUT2D eigenvalue weighted by molar-refractivity contribution is -0.138. The third-order valence-electron chi connectivity index (χ3n) is 3.57. The molecule has 1 aliphatic heterocycles. The number of aliphatic hydroxyl groups excluding tert-OH is 1. The highest BCUT2D eigenvalue weighted by Gasteiger charge is 2.33. The molecule has 0 unspecified atom stereocenters. The van der Waals surface area contributed by atoms with Gasteiger partial charge in [-0.25, -0.2) is 9.79 Å². The SMILES string of the molecule is CCOC(=O)C1=C(O)C(=Cc2cccc(Cl)c2)SC1=Nc1ccc(Cl)cc1. The van der Waals surface area contributed by atoms with E-state index in [1.165, 1.54) is 11.8 Å². The molecule has 0 atom stereocenters. The highest BCUT2D eigenvalue weighted by atomic mass is 35.5. The van der Waals surface area contributed by atoms with Crippen LogP contribution in [0.5, 0.6) is 0 Å². The van der Waals surface area contributed by atoms with Crippen LogP contribution in [0.3, 0.4) is 0 Å². The number of esters is 1. The average Bonchev–Trinajstić information content (AvgIpc) is 2.92. The molecule has 0 fully saturated rings. The van der Waals surface area contributed by atoms with Crippen molar-refractivity contribution in [3.8, 4) is 0 Å². The molecule has 4 nitrogen and oxygen atoms in total. The van der Waals surface area contributed by atoms with Crippen LogP contribution in [0.4, 0.5) is 5.69 Å². The molecule has 7 heteroatoms. The monoisotopic (exact) mass is 419 g/mol. The van der Waals surface area contributed by atoms with Crippen LogP contribution < -0.4 is 0 Å². The molecular weight excluding hydrogens is 405 g/mol. The number of carbonyl (C=O) groups excluding carboxylic acids is 1. The number of ether oxygens (including phenoxy) is 1. The van der Waals surface area contributed by atoms with Crippen molar-refractivity contribution in [2.45, 2.75) is 6.92 Å². The first-order valence-corrected chi connectivity index (χ1v) is 9.65. The standard InChI is InChI=1S/C20H15Cl2NO3S/c1-2-26-20(25)17-18(24)16(11-12-4-3-5-14(22)10-12)27-19(17)23-15-8-6-13(21)7-9-15/h3-11,24H,2H2,1H3. The van der Waals surface area contributed by atoms with Crippen LogP contribution >= 0.6 is 35.0 Å². The maximum absolute atomic E-state index is 12.4. The number of halogens is 2. The summed E-state index contributed by atoms with van der Waals surface area (Å²) in [5, 5.41) is 12.2. The summed E-state index contributed by atoms with van der Waals surface area (Å²) in [7, 11) is 0. The normalized spacial score (nSPS) is 17.0. The van der Waals surface area contributed by atoms with Gasteiger partial charge in [-0.3, -0.25) is 0 Å². The molecule has 0 saturated heterocycles. The van der Waals surface area contributed by atoms with Crippen molar-refractivity contribution in [1.29, 1.82) is 0 Å². The first kappa shape index (κ1) is 19.5. The van der Waals surface area contributed by atoms with Gasteiger partial charge in [-0.15, -0.1) is 0 Å². The molecule has 2 aromatic rings. The van der Waals surface area contributed by atoms with Crippen LogP contribution in [0.1, 0.15) is 12.5 Å². The van der Waals surface area contributed by atoms with E-state index in [4.69, 9.17) is 27.9 Å². The number of aliphatic hydroxyl groups is 1. The van der Waals surface area contributed by atoms with E-state index in [0.29, 0.717) is 25.7 Å². The van der Waals surface area contributed by atoms with Crippen LogP contribution in [0.25, 0.3) is 6.08 Å². The van der Waals surface area contributed by atoms with E-state index < -0.39 is 5.97 Å². The fourth-order valence-electron chi connectivity index (χ4n) is 2.37. The van der Waals surface area contributed by atoms with Gasteiger partial charge in [0, 0.05) is 10.0 Å². The summed E-state index contributed by atoms with van der Waals surface area (Å²) in [5.41, 5.74) is 1.46. The van der Waals surface area contributed by atoms with Crippen molar-refractivity contribution < 1.29 is 14.6 Å². The number of aliphatic imine (C=N–C) groups is 1. The second-order valence-electron chi connectivity index (χ2n) is 5.50. The molecule has 2 aromatic carbocycles. The van der Waals surface area contributed by atoms with Gasteiger partial charge in [0.1, 0.15) is 16.4 Å². The predicted molar refractivity (Wildman–Crippen MR) is 112 cm³/mol. The summed E-state index contributed by atoms with van der Waals surface area (Å²) in [4.78, 5) is 17.3. The zero-order valence-corrected chi connectivity index (χ0v) is 16.6. The Balaban J connectivity index is 2.03. The van der Waals surface area contributed by atoms with Gasteiger partial charge in [-0.05, 0) is 55.0 Å². The molecule has 1 aliphatic rings. The zero-order chi connectivity index (χ0) is 19.4. The van der Waals surface area contributed by atoms with Gasteiger partial charge >= 0.3 is 5.97 Å². The minimum atomic E-state index is -0.621. The molecule has 27 heavy (non-hydrogen) atoms. The predicted octanol–water partition coefficient (Wildman–Crippen LogP) is 6.19. The van der Waals surface area contributed by atoms with Gasteiger partial charge < -0.3 is 9.84 Å². The minimum absolute atomic E-state index is 0.0464. The molecule has 0 spiro atoms. The quantitative estimate of drug-likeness (QED) is 0.600. The second-order valence-corrected chi connectivity index (χ2v) is 7.41. The summed E-state index contributed by atoms with van der Waals surface area (Å²) in [6.45, 7) is 1.90. The summed E-state index contributed by atoms with van der Waals surface area (Å²) >= 11 is 13.1. The Morgan fingerprint density at radius 3 is 2.59 bits per heavy atom. The molecular formula is C20H15Cl2NO3S. The first-order chi connectivity index (χ1) is 13.0. The highest BCUT2D eigenvalue weighted by Crippen LogP contribution is 2.40. The number of hydrogen-bond donors (Lipinski definition) is 1. The lowest BCUT2D eigenvalue weighted by Crippen LogP contribution is -2.12. The molecule has 0 aromatic heterocycles. The average molecular weight is 420 g/mol. The molecule has 3 rings (SSSR count). The van der Waals surface area contributed by atoms with Gasteiger partial charge in [0.2, 0.25) is 0 Å². The molecule has 0 bridgehead atoms. The molecule has 1 N–H and O–H groups in total. The fraction of sp³-hybridized carbons (Fsp3) is 0.100. The van der Waals surface area contributed by atoms with Crippen LogP contribution in [0.2, 0.25) is 10.0 Å². The molecule has 0 saturated carbocycles. The maximum atomic E-state index is 12.4. The third-order valence-corrected chi connectivity index (χ3v) is 5.08. The van der Waals surface area contributed by atoms with Crippen LogP contribution in [-0.4, -0.2) is 22.7 Å². The van der Waals surface area contributed by atoms with Crippen LogP contribution in [0.15, 0.2) is 69.8 Å². The van der Waals surface area contributed by atoms with E-state index in [2.05, 4.69) is 4.99 Å². The Morgan fingerprint density at radius 2 is 1.93 bits per heavy atom. The first-order valence-electron chi connectivity index (χ1n) is 8.08. The largest absolute Gasteiger partial charge is 0.506 e. The number of hydrogen-bond acceptors (Lipinski definition) is 5. The lowest BCUT2D eigenvalue weighted by Gasteiger charge is -2.03. The minimum Gasteiger partial charge on any atom is -0.506 e. The summed E-state index contributed by atoms with van der Waals surface area (Å²) in [5.74, 6) is -0.782. The van der Waals surface area contributed by atoms with E-state index in [1.807, 2.05) is 12.1 Å². The molecule has 0 amide bonds. The Morgan fingerprint density at radius 1 is 1.19 bits per heavy atom. The Labute approximate surface area is 171 Å². The number of benzene rings is 2. The molecule has 0 radical (unpaired) electrons. The molecule has 1 heterocycles. The number of thioether (sulfide) groups is 1. The summed E-state index contributed by atoms with van der Waals surface area (Å²) in [6, 6.07) is 14.1. The van der Waals surface area contributed by atoms with Gasteiger partial charge in [-0.2, -0.15) is 0 Å². The fourth-order valence-corrected chi connectivity index (χ4v) is 3.73. The van der Waals surface area contributed by atoms with Crippen molar-refractivity contribution in [3.63, 3.8) is 0 Å². The van der Waals surface area contributed by atoms with Crippen molar-refractivity contribution in [3.05, 3.63) is 80.4 Å². The number of rotatable bonds is 4. The summed E-state index contributed by atoms with van der Waals surface area (Å²) < 4.78 is 5.08. The number of carbonyl (C=O) groups is 1. The van der Waals surface area contributed by atoms with E-state index in [1.54, 1.807) is 49.4 Å². The van der Waals surface area contributed by atoms with Gasteiger partial charge in [0.05, 0.1) is 17.2 Å². The highest BCUT2D eigenvalue weighted by molar-refractivity contribution is 8.18. The zero-order valence-electron chi connectivity index (χ0n) is 14.3. The van der Waals surface area contributed by atoms with Gasteiger partial charge in [0.15, 0.2) is 0 Å². The van der Waals surface area contributed by atoms with E-state index in [9.17, 15) is 9.90 Å². The molecule has 138 valence electrons. The van der Waals surface area contributed by atoms with E-state index in [-0.39, 0.29) is 17.9 Å². The van der Waals surface area contributed by atoms with Gasteiger partial charge in [0.25, 0.3) is 0 Å². The van der Waals surface area contributed by atoms with Crippen molar-refractivity contribution >= 4 is 57.7 Å².